The van der Waals surface area contributed by atoms with Crippen molar-refractivity contribution in [3.05, 3.63) is 18.2 Å². The number of carboxylic acids is 1. The van der Waals surface area contributed by atoms with E-state index in [-0.39, 0.29) is 6.61 Å². The minimum absolute atomic E-state index is 0.260. The van der Waals surface area contributed by atoms with Gasteiger partial charge in [-0.25, -0.2) is 4.98 Å². The Hall–Kier alpha value is -1.40. The van der Waals surface area contributed by atoms with Crippen LogP contribution in [0.5, 0.6) is 0 Å². The summed E-state index contributed by atoms with van der Waals surface area (Å²) in [5, 5.41) is 9.12. The maximum absolute atomic E-state index is 11.1. The van der Waals surface area contributed by atoms with Crippen LogP contribution in [0.2, 0.25) is 0 Å². The maximum Gasteiger partial charge on any atom is 0.323 e. The number of nitrogens with zero attached hydrogens (tertiary/aromatic N) is 3. The summed E-state index contributed by atoms with van der Waals surface area (Å²) in [5.74, 6) is -0.827. The van der Waals surface area contributed by atoms with Gasteiger partial charge in [-0.2, -0.15) is 0 Å². The number of rotatable bonds is 4. The lowest BCUT2D eigenvalue weighted by molar-refractivity contribution is -0.150. The van der Waals surface area contributed by atoms with Crippen molar-refractivity contribution in [3.8, 4) is 0 Å². The molecule has 94 valence electrons. The van der Waals surface area contributed by atoms with Crippen LogP contribution in [0.25, 0.3) is 0 Å². The normalized spacial score (nSPS) is 21.6. The Kier molecular flexibility index (Phi) is 3.75. The number of ether oxygens (including phenoxy) is 1. The average molecular weight is 239 g/mol. The number of hydrogen-bond acceptors (Lipinski definition) is 4. The van der Waals surface area contributed by atoms with E-state index in [1.165, 1.54) is 0 Å². The van der Waals surface area contributed by atoms with Crippen LogP contribution in [0.1, 0.15) is 12.6 Å². The Labute approximate surface area is 99.8 Å². The molecule has 1 aliphatic rings. The summed E-state index contributed by atoms with van der Waals surface area (Å²) in [7, 11) is 0. The highest BCUT2D eigenvalue weighted by Crippen LogP contribution is 2.12. The smallest absolute Gasteiger partial charge is 0.323 e. The minimum atomic E-state index is -0.827. The summed E-state index contributed by atoms with van der Waals surface area (Å²) in [4.78, 5) is 17.1. The fraction of sp³-hybridized carbons (Fsp3) is 0.636. The van der Waals surface area contributed by atoms with Crippen molar-refractivity contribution in [2.24, 2.45) is 0 Å². The quantitative estimate of drug-likeness (QED) is 0.812. The summed E-state index contributed by atoms with van der Waals surface area (Å²) in [6.07, 6.45) is 3.56. The Morgan fingerprint density at radius 2 is 2.53 bits per heavy atom. The van der Waals surface area contributed by atoms with Crippen LogP contribution in [0.15, 0.2) is 12.5 Å². The van der Waals surface area contributed by atoms with Crippen molar-refractivity contribution in [3.63, 3.8) is 0 Å². The fourth-order valence-electron chi connectivity index (χ4n) is 2.03. The summed E-state index contributed by atoms with van der Waals surface area (Å²) in [6, 6.07) is -0.552. The lowest BCUT2D eigenvalue weighted by Crippen LogP contribution is -2.49. The molecule has 1 saturated heterocycles. The number of aliphatic carboxylic acids is 1. The third-order valence-corrected chi connectivity index (χ3v) is 3.03. The van der Waals surface area contributed by atoms with Crippen molar-refractivity contribution in [1.29, 1.82) is 0 Å². The van der Waals surface area contributed by atoms with Crippen LogP contribution in [0.3, 0.4) is 0 Å². The van der Waals surface area contributed by atoms with Gasteiger partial charge >= 0.3 is 5.97 Å². The zero-order valence-corrected chi connectivity index (χ0v) is 9.87. The standard InChI is InChI=1S/C11H17N3O3/c1-2-13-8-12-5-9(13)6-14-3-4-17-7-10(14)11(15)16/h5,8,10H,2-4,6-7H2,1H3,(H,15,16). The molecule has 0 bridgehead atoms. The second kappa shape index (κ2) is 5.29. The number of carbonyl (C=O) groups is 1. The molecule has 2 rings (SSSR count). The number of aromatic nitrogens is 2. The number of imidazole rings is 1. The first-order valence-electron chi connectivity index (χ1n) is 5.76. The monoisotopic (exact) mass is 239 g/mol. The zero-order valence-electron chi connectivity index (χ0n) is 9.87. The highest BCUT2D eigenvalue weighted by Gasteiger charge is 2.29. The molecule has 0 amide bonds. The van der Waals surface area contributed by atoms with Crippen LogP contribution >= 0.6 is 0 Å². The first-order chi connectivity index (χ1) is 8.22. The molecule has 1 fully saturated rings. The van der Waals surface area contributed by atoms with Crippen LogP contribution < -0.4 is 0 Å². The largest absolute Gasteiger partial charge is 0.480 e. The van der Waals surface area contributed by atoms with Gasteiger partial charge in [-0.05, 0) is 6.92 Å². The van der Waals surface area contributed by atoms with Gasteiger partial charge in [-0.1, -0.05) is 0 Å². The van der Waals surface area contributed by atoms with Crippen molar-refractivity contribution >= 4 is 5.97 Å². The predicted molar refractivity (Wildman–Crippen MR) is 60.6 cm³/mol. The molecule has 0 saturated carbocycles. The predicted octanol–water partition coefficient (Wildman–Crippen LogP) is 0.188. The van der Waals surface area contributed by atoms with E-state index >= 15 is 0 Å². The number of hydrogen-bond donors (Lipinski definition) is 1. The van der Waals surface area contributed by atoms with Gasteiger partial charge in [0.1, 0.15) is 6.04 Å². The lowest BCUT2D eigenvalue weighted by atomic mass is 10.2. The lowest BCUT2D eigenvalue weighted by Gasteiger charge is -2.32. The highest BCUT2D eigenvalue weighted by molar-refractivity contribution is 5.73. The van der Waals surface area contributed by atoms with E-state index in [2.05, 4.69) is 4.98 Å². The van der Waals surface area contributed by atoms with Gasteiger partial charge in [0.25, 0.3) is 0 Å². The summed E-state index contributed by atoms with van der Waals surface area (Å²) < 4.78 is 7.23. The summed E-state index contributed by atoms with van der Waals surface area (Å²) in [6.45, 7) is 4.98. The van der Waals surface area contributed by atoms with E-state index in [1.807, 2.05) is 16.4 Å². The average Bonchev–Trinajstić information content (AvgIpc) is 2.77. The van der Waals surface area contributed by atoms with Gasteiger partial charge in [0.15, 0.2) is 0 Å². The third-order valence-electron chi connectivity index (χ3n) is 3.03. The fourth-order valence-corrected chi connectivity index (χ4v) is 2.03. The molecule has 0 aromatic carbocycles. The maximum atomic E-state index is 11.1. The Morgan fingerprint density at radius 3 is 3.24 bits per heavy atom. The highest BCUT2D eigenvalue weighted by atomic mass is 16.5. The van der Waals surface area contributed by atoms with Crippen LogP contribution in [-0.2, 0) is 22.6 Å². The summed E-state index contributed by atoms with van der Waals surface area (Å²) >= 11 is 0. The molecule has 17 heavy (non-hydrogen) atoms. The van der Waals surface area contributed by atoms with E-state index in [4.69, 9.17) is 9.84 Å². The molecule has 6 heteroatoms. The topological polar surface area (TPSA) is 67.6 Å². The van der Waals surface area contributed by atoms with Gasteiger partial charge < -0.3 is 14.4 Å². The Bertz CT molecular complexity index is 391. The van der Waals surface area contributed by atoms with E-state index in [9.17, 15) is 4.79 Å². The molecule has 2 heterocycles. The van der Waals surface area contributed by atoms with Crippen LogP contribution in [-0.4, -0.2) is 51.3 Å². The molecular weight excluding hydrogens is 222 g/mol. The van der Waals surface area contributed by atoms with E-state index < -0.39 is 12.0 Å². The molecule has 0 aliphatic carbocycles. The minimum Gasteiger partial charge on any atom is -0.480 e. The first kappa shape index (κ1) is 12.1. The van der Waals surface area contributed by atoms with Crippen molar-refractivity contribution < 1.29 is 14.6 Å². The number of carboxylic acid groups (broad SMARTS) is 1. The molecule has 0 radical (unpaired) electrons. The Balaban J connectivity index is 2.08. The van der Waals surface area contributed by atoms with Crippen molar-refractivity contribution in [1.82, 2.24) is 14.5 Å². The van der Waals surface area contributed by atoms with Gasteiger partial charge in [-0.3, -0.25) is 9.69 Å². The molecule has 1 atom stereocenters. The molecule has 1 aromatic rings. The zero-order chi connectivity index (χ0) is 12.3. The SMILES string of the molecule is CCn1cncc1CN1CCOCC1C(=O)O. The van der Waals surface area contributed by atoms with Gasteiger partial charge in [0.05, 0.1) is 25.2 Å². The molecule has 1 N–H and O–H groups in total. The van der Waals surface area contributed by atoms with E-state index in [0.717, 1.165) is 12.2 Å². The van der Waals surface area contributed by atoms with Crippen molar-refractivity contribution in [2.45, 2.75) is 26.1 Å². The molecule has 0 spiro atoms. The van der Waals surface area contributed by atoms with Gasteiger partial charge in [0.2, 0.25) is 0 Å². The molecule has 1 unspecified atom stereocenters. The molecule has 1 aromatic heterocycles. The van der Waals surface area contributed by atoms with Crippen LogP contribution in [0.4, 0.5) is 0 Å². The van der Waals surface area contributed by atoms with Crippen molar-refractivity contribution in [2.75, 3.05) is 19.8 Å². The number of morpholine rings is 1. The van der Waals surface area contributed by atoms with Crippen LogP contribution in [0, 0.1) is 0 Å². The van der Waals surface area contributed by atoms with Gasteiger partial charge in [0, 0.05) is 25.8 Å². The van der Waals surface area contributed by atoms with E-state index in [1.54, 1.807) is 12.5 Å². The second-order valence-electron chi connectivity index (χ2n) is 4.07. The number of aryl methyl sites for hydroxylation is 1. The molecular formula is C11H17N3O3. The summed E-state index contributed by atoms with van der Waals surface area (Å²) in [5.41, 5.74) is 1.04. The van der Waals surface area contributed by atoms with E-state index in [0.29, 0.717) is 19.7 Å². The molecule has 1 aliphatic heterocycles. The molecule has 6 nitrogen and oxygen atoms in total. The first-order valence-corrected chi connectivity index (χ1v) is 5.76. The second-order valence-corrected chi connectivity index (χ2v) is 4.07. The third kappa shape index (κ3) is 2.65. The Morgan fingerprint density at radius 1 is 1.71 bits per heavy atom. The van der Waals surface area contributed by atoms with Gasteiger partial charge in [-0.15, -0.1) is 0 Å².